The van der Waals surface area contributed by atoms with Crippen LogP contribution < -0.4 is 0 Å². The molecule has 100 heavy (non-hydrogen) atoms. The topological polar surface area (TPSA) is 237 Å². The van der Waals surface area contributed by atoms with Gasteiger partial charge < -0.3 is 33.8 Å². The van der Waals surface area contributed by atoms with Gasteiger partial charge in [-0.25, -0.2) is 9.13 Å². The van der Waals surface area contributed by atoms with E-state index in [1.165, 1.54) is 64.2 Å². The van der Waals surface area contributed by atoms with Crippen LogP contribution in [0.3, 0.4) is 0 Å². The summed E-state index contributed by atoms with van der Waals surface area (Å²) in [5.41, 5.74) is 0. The third-order valence-corrected chi connectivity index (χ3v) is 17.8. The Morgan fingerprint density at radius 1 is 0.290 bits per heavy atom. The standard InChI is InChI=1S/C81H138O17P2/c1-5-9-13-17-21-25-29-33-35-36-37-38-40-43-46-50-54-58-62-66-79(84)92-72-77(98-81(86)68-64-60-56-52-48-44-39-34-30-26-22-18-14-10-6-2)74-96-100(89,90)94-70-75(82)69-93-99(87,88)95-73-76(97-80(85)67-63-59-55-51-47-42-32-28-24-20-16-12-8-4)71-91-78(83)65-61-57-53-49-45-41-31-27-23-19-15-11-7-3/h9,13,15-16,19-21,25,27-28,31-33,35,37-38,43,46,54,58,75-77,82H,5-8,10-12,14,17-18,22-24,26,29-30,34,36,39-42,44-45,47-53,55-57,59-74H2,1-4H3,(H,87,88)(H,89,90)/b13-9-,19-15-,20-16-,25-21-,31-27-,32-28-,35-33-,38-37-,46-43-,58-54-. The van der Waals surface area contributed by atoms with Crippen molar-refractivity contribution >= 4 is 39.5 Å². The molecular formula is C81H138O17P2. The van der Waals surface area contributed by atoms with Gasteiger partial charge in [-0.05, 0) is 116 Å². The molecule has 574 valence electrons. The lowest BCUT2D eigenvalue weighted by Gasteiger charge is -2.21. The van der Waals surface area contributed by atoms with Gasteiger partial charge in [0.25, 0.3) is 0 Å². The molecule has 0 saturated heterocycles. The highest BCUT2D eigenvalue weighted by Gasteiger charge is 2.30. The van der Waals surface area contributed by atoms with E-state index in [0.717, 1.165) is 161 Å². The molecule has 0 fully saturated rings. The fraction of sp³-hybridized carbons (Fsp3) is 0.704. The lowest BCUT2D eigenvalue weighted by molar-refractivity contribution is -0.161. The number of esters is 4. The van der Waals surface area contributed by atoms with Crippen molar-refractivity contribution in [3.63, 3.8) is 0 Å². The monoisotopic (exact) mass is 1440 g/mol. The number of aliphatic hydroxyl groups excluding tert-OH is 1. The minimum Gasteiger partial charge on any atom is -0.462 e. The van der Waals surface area contributed by atoms with Crippen LogP contribution in [0.2, 0.25) is 0 Å². The summed E-state index contributed by atoms with van der Waals surface area (Å²) >= 11 is 0. The van der Waals surface area contributed by atoms with E-state index in [0.29, 0.717) is 32.1 Å². The lowest BCUT2D eigenvalue weighted by Crippen LogP contribution is -2.30. The van der Waals surface area contributed by atoms with E-state index >= 15 is 0 Å². The second-order valence-corrected chi connectivity index (χ2v) is 28.5. The van der Waals surface area contributed by atoms with E-state index in [1.807, 2.05) is 18.2 Å². The van der Waals surface area contributed by atoms with Crippen molar-refractivity contribution in [1.29, 1.82) is 0 Å². The van der Waals surface area contributed by atoms with Crippen LogP contribution >= 0.6 is 15.6 Å². The number of unbranched alkanes of at least 4 members (excludes halogenated alkanes) is 26. The smallest absolute Gasteiger partial charge is 0.462 e. The molecular weight excluding hydrogens is 1310 g/mol. The first-order valence-electron chi connectivity index (χ1n) is 38.8. The summed E-state index contributed by atoms with van der Waals surface area (Å²) in [4.78, 5) is 72.8. The number of carbonyl (C=O) groups is 4. The van der Waals surface area contributed by atoms with Crippen molar-refractivity contribution in [3.05, 3.63) is 122 Å². The first-order chi connectivity index (χ1) is 48.7. The Bertz CT molecular complexity index is 2370. The third-order valence-electron chi connectivity index (χ3n) is 15.9. The lowest BCUT2D eigenvalue weighted by atomic mass is 10.0. The van der Waals surface area contributed by atoms with Crippen LogP contribution in [-0.2, 0) is 65.4 Å². The average Bonchev–Trinajstić information content (AvgIpc) is 0.946. The van der Waals surface area contributed by atoms with Crippen molar-refractivity contribution in [1.82, 2.24) is 0 Å². The first kappa shape index (κ1) is 95.5. The fourth-order valence-electron chi connectivity index (χ4n) is 10.0. The molecule has 0 aliphatic rings. The summed E-state index contributed by atoms with van der Waals surface area (Å²) in [6.07, 6.45) is 79.2. The highest BCUT2D eigenvalue weighted by atomic mass is 31.2. The molecule has 0 heterocycles. The van der Waals surface area contributed by atoms with Crippen LogP contribution in [0.15, 0.2) is 122 Å². The molecule has 17 nitrogen and oxygen atoms in total. The average molecular weight is 1450 g/mol. The number of ether oxygens (including phenoxy) is 4. The van der Waals surface area contributed by atoms with E-state index in [-0.39, 0.29) is 25.7 Å². The van der Waals surface area contributed by atoms with Gasteiger partial charge in [0, 0.05) is 25.7 Å². The van der Waals surface area contributed by atoms with Crippen LogP contribution in [0, 0.1) is 0 Å². The second kappa shape index (κ2) is 72.8. The zero-order chi connectivity index (χ0) is 73.2. The maximum Gasteiger partial charge on any atom is 0.472 e. The number of hydrogen-bond acceptors (Lipinski definition) is 15. The van der Waals surface area contributed by atoms with Gasteiger partial charge in [0.15, 0.2) is 12.2 Å². The van der Waals surface area contributed by atoms with Crippen molar-refractivity contribution in [3.8, 4) is 0 Å². The molecule has 0 spiro atoms. The van der Waals surface area contributed by atoms with Gasteiger partial charge in [0.1, 0.15) is 19.3 Å². The Labute approximate surface area is 606 Å². The van der Waals surface area contributed by atoms with Gasteiger partial charge in [0.2, 0.25) is 0 Å². The number of phosphoric ester groups is 2. The van der Waals surface area contributed by atoms with E-state index in [4.69, 9.17) is 37.0 Å². The van der Waals surface area contributed by atoms with Gasteiger partial charge in [-0.15, -0.1) is 0 Å². The molecule has 0 aliphatic heterocycles. The molecule has 5 atom stereocenters. The SMILES string of the molecule is CC/C=C\C/C=C\C/C=C\C/C=C\C/C=C\C/C=C\CCC(=O)OCC(COP(=O)(O)OCC(O)COP(=O)(O)OCC(COC(=O)CCCCCCC/C=C\C/C=C\CCC)OC(=O)CCCCCCC/C=C\C/C=C\CCC)OC(=O)CCCCCCCCCCCCCCCCC. The molecule has 19 heteroatoms. The third kappa shape index (κ3) is 71.8. The Hall–Kier alpha value is -4.54. The predicted molar refractivity (Wildman–Crippen MR) is 408 cm³/mol. The van der Waals surface area contributed by atoms with Crippen LogP contribution in [-0.4, -0.2) is 96.7 Å². The highest BCUT2D eigenvalue weighted by Crippen LogP contribution is 2.45. The predicted octanol–water partition coefficient (Wildman–Crippen LogP) is 22.3. The number of hydrogen-bond donors (Lipinski definition) is 3. The Morgan fingerprint density at radius 2 is 0.560 bits per heavy atom. The molecule has 0 aromatic rings. The summed E-state index contributed by atoms with van der Waals surface area (Å²) in [6, 6.07) is 0. The van der Waals surface area contributed by atoms with Crippen LogP contribution in [0.25, 0.3) is 0 Å². The summed E-state index contributed by atoms with van der Waals surface area (Å²) < 4.78 is 68.4. The molecule has 0 bridgehead atoms. The summed E-state index contributed by atoms with van der Waals surface area (Å²) in [5.74, 6) is -2.30. The molecule has 0 rings (SSSR count). The fourth-order valence-corrected chi connectivity index (χ4v) is 11.6. The van der Waals surface area contributed by atoms with Gasteiger partial charge in [-0.3, -0.25) is 37.3 Å². The number of rotatable bonds is 72. The summed E-state index contributed by atoms with van der Waals surface area (Å²) in [7, 11) is -9.98. The van der Waals surface area contributed by atoms with Crippen molar-refractivity contribution in [2.24, 2.45) is 0 Å². The van der Waals surface area contributed by atoms with Gasteiger partial charge in [-0.2, -0.15) is 0 Å². The van der Waals surface area contributed by atoms with Crippen LogP contribution in [0.4, 0.5) is 0 Å². The summed E-state index contributed by atoms with van der Waals surface area (Å²) in [5, 5.41) is 10.6. The molecule has 0 saturated carbocycles. The quantitative estimate of drug-likeness (QED) is 0.0169. The zero-order valence-corrected chi connectivity index (χ0v) is 64.4. The number of allylic oxidation sites excluding steroid dienone is 20. The minimum absolute atomic E-state index is 0.0358. The van der Waals surface area contributed by atoms with E-state index in [2.05, 4.69) is 131 Å². The zero-order valence-electron chi connectivity index (χ0n) is 62.6. The largest absolute Gasteiger partial charge is 0.472 e. The molecule has 5 unspecified atom stereocenters. The second-order valence-electron chi connectivity index (χ2n) is 25.6. The van der Waals surface area contributed by atoms with Crippen molar-refractivity contribution < 1.29 is 80.2 Å². The van der Waals surface area contributed by atoms with Gasteiger partial charge >= 0.3 is 39.5 Å². The Morgan fingerprint density at radius 3 is 0.900 bits per heavy atom. The van der Waals surface area contributed by atoms with Crippen molar-refractivity contribution in [2.75, 3.05) is 39.6 Å². The van der Waals surface area contributed by atoms with Crippen LogP contribution in [0.1, 0.15) is 310 Å². The molecule has 0 aromatic carbocycles. The highest BCUT2D eigenvalue weighted by molar-refractivity contribution is 7.47. The maximum absolute atomic E-state index is 13.1. The Balaban J connectivity index is 5.41. The normalized spacial score (nSPS) is 14.6. The van der Waals surface area contributed by atoms with Gasteiger partial charge in [-0.1, -0.05) is 290 Å². The Kier molecular flexibility index (Phi) is 69.5. The first-order valence-corrected chi connectivity index (χ1v) is 41.8. The van der Waals surface area contributed by atoms with Crippen molar-refractivity contribution in [2.45, 2.75) is 329 Å². The summed E-state index contributed by atoms with van der Waals surface area (Å²) in [6.45, 7) is 4.53. The number of carbonyl (C=O) groups excluding carboxylic acids is 4. The van der Waals surface area contributed by atoms with E-state index in [9.17, 15) is 43.2 Å². The number of aliphatic hydroxyl groups is 1. The number of phosphoric acid groups is 2. The maximum atomic E-state index is 13.1. The van der Waals surface area contributed by atoms with Crippen LogP contribution in [0.5, 0.6) is 0 Å². The molecule has 0 aromatic heterocycles. The minimum atomic E-state index is -4.99. The molecule has 3 N–H and O–H groups in total. The van der Waals surface area contributed by atoms with Gasteiger partial charge in [0.05, 0.1) is 26.4 Å². The van der Waals surface area contributed by atoms with E-state index in [1.54, 1.807) is 0 Å². The molecule has 0 aliphatic carbocycles. The van der Waals surface area contributed by atoms with E-state index < -0.39 is 97.5 Å². The molecule has 0 amide bonds. The molecule has 0 radical (unpaired) electrons.